The first-order chi connectivity index (χ1) is 11.2. The number of aromatic nitrogens is 4. The van der Waals surface area contributed by atoms with Gasteiger partial charge in [-0.1, -0.05) is 0 Å². The molecule has 6 nitrogen and oxygen atoms in total. The van der Waals surface area contributed by atoms with E-state index in [0.717, 1.165) is 36.7 Å². The molecule has 7 heteroatoms. The molecule has 1 aliphatic carbocycles. The van der Waals surface area contributed by atoms with Crippen LogP contribution in [-0.4, -0.2) is 32.4 Å². The van der Waals surface area contributed by atoms with Crippen molar-refractivity contribution in [2.24, 2.45) is 13.0 Å². The lowest BCUT2D eigenvalue weighted by Crippen LogP contribution is -2.44. The zero-order valence-electron chi connectivity index (χ0n) is 13.7. The lowest BCUT2D eigenvalue weighted by Gasteiger charge is -2.37. The average molecular weight is 348 g/mol. The van der Waals surface area contributed by atoms with Crippen molar-refractivity contribution >= 4 is 12.4 Å². The van der Waals surface area contributed by atoms with E-state index in [0.29, 0.717) is 23.6 Å². The second-order valence-electron chi connectivity index (χ2n) is 7.27. The molecule has 2 fully saturated rings. The van der Waals surface area contributed by atoms with E-state index in [2.05, 4.69) is 16.5 Å². The predicted octanol–water partition coefficient (Wildman–Crippen LogP) is 1.65. The maximum atomic E-state index is 12.6. The summed E-state index contributed by atoms with van der Waals surface area (Å²) >= 11 is 0. The van der Waals surface area contributed by atoms with Crippen LogP contribution in [0.2, 0.25) is 0 Å². The Labute approximate surface area is 146 Å². The number of fused-ring (bicyclic) bond motifs is 4. The van der Waals surface area contributed by atoms with Crippen molar-refractivity contribution in [2.75, 3.05) is 13.1 Å². The largest absolute Gasteiger partial charge is 0.316 e. The first-order valence-corrected chi connectivity index (χ1v) is 8.56. The molecular weight excluding hydrogens is 326 g/mol. The molecule has 0 aromatic carbocycles. The standard InChI is InChI=1S/C17H21N5O.ClH/c1-21-17(11-2-3-11)19-16(20-21)12-5-14-13-4-10(7-18-8-13)9-22(14)15(23)6-12;/h5-6,10-11,13,18H,2-4,7-9H2,1H3;1H/t10-,13+;/m0./s1. The topological polar surface area (TPSA) is 64.7 Å². The minimum Gasteiger partial charge on any atom is -0.316 e. The van der Waals surface area contributed by atoms with Crippen LogP contribution in [0.3, 0.4) is 0 Å². The van der Waals surface area contributed by atoms with E-state index in [1.54, 1.807) is 6.07 Å². The van der Waals surface area contributed by atoms with E-state index >= 15 is 0 Å². The number of hydrogen-bond acceptors (Lipinski definition) is 4. The molecule has 4 heterocycles. The Hall–Kier alpha value is -1.66. The van der Waals surface area contributed by atoms with Gasteiger partial charge in [-0.05, 0) is 37.8 Å². The number of nitrogens with zero attached hydrogens (tertiary/aromatic N) is 4. The van der Waals surface area contributed by atoms with Crippen LogP contribution < -0.4 is 10.9 Å². The number of hydrogen-bond donors (Lipinski definition) is 1. The minimum absolute atomic E-state index is 0. The van der Waals surface area contributed by atoms with E-state index in [4.69, 9.17) is 4.98 Å². The third kappa shape index (κ3) is 2.48. The van der Waals surface area contributed by atoms with Crippen molar-refractivity contribution < 1.29 is 0 Å². The summed E-state index contributed by atoms with van der Waals surface area (Å²) in [5.41, 5.74) is 2.11. The van der Waals surface area contributed by atoms with E-state index in [1.807, 2.05) is 16.3 Å². The number of pyridine rings is 1. The Bertz CT molecular complexity index is 838. The summed E-state index contributed by atoms with van der Waals surface area (Å²) in [6.45, 7) is 2.82. The van der Waals surface area contributed by atoms with Crippen molar-refractivity contribution in [3.05, 3.63) is 34.0 Å². The van der Waals surface area contributed by atoms with Crippen LogP contribution in [0.5, 0.6) is 0 Å². The number of halogens is 1. The van der Waals surface area contributed by atoms with Crippen molar-refractivity contribution in [3.8, 4) is 11.4 Å². The molecule has 2 aromatic rings. The average Bonchev–Trinajstić information content (AvgIpc) is 3.31. The molecule has 2 aliphatic heterocycles. The van der Waals surface area contributed by atoms with Crippen LogP contribution in [0.1, 0.15) is 42.6 Å². The zero-order chi connectivity index (χ0) is 15.6. The van der Waals surface area contributed by atoms with E-state index in [1.165, 1.54) is 19.3 Å². The smallest absolute Gasteiger partial charge is 0.251 e. The van der Waals surface area contributed by atoms with Gasteiger partial charge >= 0.3 is 0 Å². The molecule has 128 valence electrons. The molecule has 24 heavy (non-hydrogen) atoms. The molecule has 1 saturated carbocycles. The highest BCUT2D eigenvalue weighted by molar-refractivity contribution is 5.85. The molecule has 1 N–H and O–H groups in total. The van der Waals surface area contributed by atoms with E-state index < -0.39 is 0 Å². The number of aryl methyl sites for hydroxylation is 1. The normalized spacial score (nSPS) is 25.0. The van der Waals surface area contributed by atoms with Crippen LogP contribution >= 0.6 is 12.4 Å². The monoisotopic (exact) mass is 347 g/mol. The Balaban J connectivity index is 0.00000146. The summed E-state index contributed by atoms with van der Waals surface area (Å²) in [6, 6.07) is 3.85. The van der Waals surface area contributed by atoms with Crippen LogP contribution in [-0.2, 0) is 13.6 Å². The fourth-order valence-corrected chi connectivity index (χ4v) is 4.15. The number of rotatable bonds is 2. The van der Waals surface area contributed by atoms with Crippen molar-refractivity contribution in [2.45, 2.75) is 37.6 Å². The lowest BCUT2D eigenvalue weighted by molar-refractivity contribution is 0.257. The maximum Gasteiger partial charge on any atom is 0.251 e. The fraction of sp³-hybridized carbons (Fsp3) is 0.588. The Morgan fingerprint density at radius 2 is 2.04 bits per heavy atom. The van der Waals surface area contributed by atoms with Crippen molar-refractivity contribution in [3.63, 3.8) is 0 Å². The molecule has 3 aliphatic rings. The molecule has 0 spiro atoms. The van der Waals surface area contributed by atoms with Crippen LogP contribution in [0.25, 0.3) is 11.4 Å². The van der Waals surface area contributed by atoms with E-state index in [9.17, 15) is 4.79 Å². The van der Waals surface area contributed by atoms with Crippen LogP contribution in [0, 0.1) is 5.92 Å². The van der Waals surface area contributed by atoms with Gasteiger partial charge in [-0.3, -0.25) is 9.48 Å². The second-order valence-corrected chi connectivity index (χ2v) is 7.27. The van der Waals surface area contributed by atoms with Gasteiger partial charge < -0.3 is 9.88 Å². The molecule has 0 amide bonds. The number of piperidine rings is 1. The molecule has 5 rings (SSSR count). The van der Waals surface area contributed by atoms with E-state index in [-0.39, 0.29) is 18.0 Å². The molecular formula is C17H22ClN5O. The molecule has 0 unspecified atom stereocenters. The van der Waals surface area contributed by atoms with Gasteiger partial charge in [0.1, 0.15) is 5.82 Å². The second kappa shape index (κ2) is 5.70. The van der Waals surface area contributed by atoms with Gasteiger partial charge in [0, 0.05) is 49.3 Å². The molecule has 1 saturated heterocycles. The van der Waals surface area contributed by atoms with Gasteiger partial charge in [0.05, 0.1) is 0 Å². The summed E-state index contributed by atoms with van der Waals surface area (Å²) in [5.74, 6) is 3.32. The third-order valence-electron chi connectivity index (χ3n) is 5.46. The zero-order valence-corrected chi connectivity index (χ0v) is 14.6. The first-order valence-electron chi connectivity index (χ1n) is 8.56. The highest BCUT2D eigenvalue weighted by atomic mass is 35.5. The highest BCUT2D eigenvalue weighted by Crippen LogP contribution is 2.39. The Morgan fingerprint density at radius 1 is 1.21 bits per heavy atom. The summed E-state index contributed by atoms with van der Waals surface area (Å²) in [5, 5.41) is 8.05. The minimum atomic E-state index is 0. The number of nitrogens with one attached hydrogen (secondary N) is 1. The van der Waals surface area contributed by atoms with Gasteiger partial charge in [-0.25, -0.2) is 4.98 Å². The maximum absolute atomic E-state index is 12.6. The molecule has 2 bridgehead atoms. The summed E-state index contributed by atoms with van der Waals surface area (Å²) in [7, 11) is 1.95. The Kier molecular flexibility index (Phi) is 3.77. The van der Waals surface area contributed by atoms with Gasteiger partial charge in [0.25, 0.3) is 5.56 Å². The summed E-state index contributed by atoms with van der Waals surface area (Å²) in [6.07, 6.45) is 3.58. The van der Waals surface area contributed by atoms with Crippen molar-refractivity contribution in [1.82, 2.24) is 24.6 Å². The predicted molar refractivity (Wildman–Crippen MR) is 93.6 cm³/mol. The van der Waals surface area contributed by atoms with Crippen molar-refractivity contribution in [1.29, 1.82) is 0 Å². The molecule has 2 atom stereocenters. The molecule has 0 radical (unpaired) electrons. The summed E-state index contributed by atoms with van der Waals surface area (Å²) in [4.78, 5) is 17.3. The van der Waals surface area contributed by atoms with Gasteiger partial charge in [0.15, 0.2) is 5.82 Å². The quantitative estimate of drug-likeness (QED) is 0.897. The van der Waals surface area contributed by atoms with Gasteiger partial charge in [0.2, 0.25) is 0 Å². The van der Waals surface area contributed by atoms with Crippen LogP contribution in [0.15, 0.2) is 16.9 Å². The first kappa shape index (κ1) is 15.8. The van der Waals surface area contributed by atoms with Crippen LogP contribution in [0.4, 0.5) is 0 Å². The fourth-order valence-electron chi connectivity index (χ4n) is 4.15. The van der Waals surface area contributed by atoms with Gasteiger partial charge in [-0.15, -0.1) is 12.4 Å². The summed E-state index contributed by atoms with van der Waals surface area (Å²) < 4.78 is 3.84. The lowest BCUT2D eigenvalue weighted by atomic mass is 9.84. The third-order valence-corrected chi connectivity index (χ3v) is 5.46. The Morgan fingerprint density at radius 3 is 2.83 bits per heavy atom. The van der Waals surface area contributed by atoms with Gasteiger partial charge in [-0.2, -0.15) is 5.10 Å². The molecule has 2 aromatic heterocycles. The SMILES string of the molecule is Cl.Cn1nc(-c2cc3n(c(=O)c2)C[C@@H]2CNC[C@H]3C2)nc1C1CC1. The highest BCUT2D eigenvalue weighted by Gasteiger charge is 2.32.